The van der Waals surface area contributed by atoms with Crippen LogP contribution >= 0.6 is 27.3 Å². The van der Waals surface area contributed by atoms with Gasteiger partial charge in [-0.25, -0.2) is 0 Å². The summed E-state index contributed by atoms with van der Waals surface area (Å²) >= 11 is 5.18. The van der Waals surface area contributed by atoms with Crippen LogP contribution in [0.15, 0.2) is 34.1 Å². The van der Waals surface area contributed by atoms with Crippen molar-refractivity contribution in [3.8, 4) is 16.2 Å². The molecule has 0 unspecified atom stereocenters. The standard InChI is InChI=1S/C11H9BrOS/c1-7-6-8(2-3-10(7)13)11-9(12)4-5-14-11/h2-6,13H,1H3. The Labute approximate surface area is 95.2 Å². The molecule has 3 heteroatoms. The van der Waals surface area contributed by atoms with E-state index in [1.54, 1.807) is 17.4 Å². The van der Waals surface area contributed by atoms with Crippen molar-refractivity contribution in [3.63, 3.8) is 0 Å². The summed E-state index contributed by atoms with van der Waals surface area (Å²) < 4.78 is 1.10. The van der Waals surface area contributed by atoms with Gasteiger partial charge in [0.1, 0.15) is 5.75 Å². The Bertz CT molecular complexity index is 462. The van der Waals surface area contributed by atoms with Crippen molar-refractivity contribution in [1.82, 2.24) is 0 Å². The smallest absolute Gasteiger partial charge is 0.118 e. The summed E-state index contributed by atoms with van der Waals surface area (Å²) in [5.41, 5.74) is 2.05. The van der Waals surface area contributed by atoms with Crippen molar-refractivity contribution < 1.29 is 5.11 Å². The maximum absolute atomic E-state index is 9.40. The van der Waals surface area contributed by atoms with Crippen molar-refractivity contribution in [2.24, 2.45) is 0 Å². The summed E-state index contributed by atoms with van der Waals surface area (Å²) in [6, 6.07) is 7.68. The van der Waals surface area contributed by atoms with E-state index in [2.05, 4.69) is 15.9 Å². The highest BCUT2D eigenvalue weighted by Crippen LogP contribution is 2.35. The Morgan fingerprint density at radius 2 is 2.07 bits per heavy atom. The van der Waals surface area contributed by atoms with E-state index in [4.69, 9.17) is 0 Å². The lowest BCUT2D eigenvalue weighted by atomic mass is 10.1. The maximum atomic E-state index is 9.40. The zero-order chi connectivity index (χ0) is 10.1. The molecule has 0 spiro atoms. The van der Waals surface area contributed by atoms with Gasteiger partial charge in [0.25, 0.3) is 0 Å². The quantitative estimate of drug-likeness (QED) is 0.822. The normalized spacial score (nSPS) is 10.4. The van der Waals surface area contributed by atoms with E-state index in [1.165, 1.54) is 4.88 Å². The van der Waals surface area contributed by atoms with E-state index in [9.17, 15) is 5.11 Å². The Kier molecular flexibility index (Phi) is 2.61. The predicted molar refractivity (Wildman–Crippen MR) is 63.9 cm³/mol. The molecule has 0 saturated heterocycles. The van der Waals surface area contributed by atoms with Crippen LogP contribution < -0.4 is 0 Å². The molecule has 1 aromatic carbocycles. The molecule has 0 fully saturated rings. The molecule has 0 aliphatic rings. The lowest BCUT2D eigenvalue weighted by Gasteiger charge is -2.02. The van der Waals surface area contributed by atoms with Crippen molar-refractivity contribution in [2.75, 3.05) is 0 Å². The van der Waals surface area contributed by atoms with Crippen LogP contribution in [0.2, 0.25) is 0 Å². The van der Waals surface area contributed by atoms with Crippen LogP contribution in [0.5, 0.6) is 5.75 Å². The minimum absolute atomic E-state index is 0.349. The molecule has 1 nitrogen and oxygen atoms in total. The van der Waals surface area contributed by atoms with E-state index in [-0.39, 0.29) is 0 Å². The highest BCUT2D eigenvalue weighted by molar-refractivity contribution is 9.10. The zero-order valence-electron chi connectivity index (χ0n) is 7.62. The molecule has 2 aromatic rings. The first kappa shape index (κ1) is 9.74. The third-order valence-corrected chi connectivity index (χ3v) is 3.96. The fourth-order valence-corrected chi connectivity index (χ4v) is 2.90. The minimum Gasteiger partial charge on any atom is -0.508 e. The largest absolute Gasteiger partial charge is 0.508 e. The molecule has 0 saturated carbocycles. The van der Waals surface area contributed by atoms with Gasteiger partial charge in [-0.2, -0.15) is 0 Å². The molecule has 0 bridgehead atoms. The molecule has 14 heavy (non-hydrogen) atoms. The van der Waals surface area contributed by atoms with Gasteiger partial charge in [0.15, 0.2) is 0 Å². The van der Waals surface area contributed by atoms with Gasteiger partial charge < -0.3 is 5.11 Å². The van der Waals surface area contributed by atoms with Crippen molar-refractivity contribution in [2.45, 2.75) is 6.92 Å². The first-order chi connectivity index (χ1) is 6.68. The van der Waals surface area contributed by atoms with Crippen LogP contribution in [0.25, 0.3) is 10.4 Å². The molecule has 1 heterocycles. The molecule has 1 aromatic heterocycles. The fraction of sp³-hybridized carbons (Fsp3) is 0.0909. The minimum atomic E-state index is 0.349. The van der Waals surface area contributed by atoms with Crippen molar-refractivity contribution in [3.05, 3.63) is 39.7 Å². The second-order valence-electron chi connectivity index (χ2n) is 3.10. The van der Waals surface area contributed by atoms with Crippen LogP contribution in [0.3, 0.4) is 0 Å². The number of halogens is 1. The number of phenolic OH excluding ortho intramolecular Hbond substituents is 1. The average molecular weight is 269 g/mol. The molecule has 0 aliphatic heterocycles. The molecular weight excluding hydrogens is 260 g/mol. The topological polar surface area (TPSA) is 20.2 Å². The van der Waals surface area contributed by atoms with Gasteiger partial charge in [-0.3, -0.25) is 0 Å². The van der Waals surface area contributed by atoms with Gasteiger partial charge in [0.05, 0.1) is 0 Å². The van der Waals surface area contributed by atoms with Crippen molar-refractivity contribution >= 4 is 27.3 Å². The predicted octanol–water partition coefficient (Wildman–Crippen LogP) is 4.19. The summed E-state index contributed by atoms with van der Waals surface area (Å²) in [5.74, 6) is 0.349. The fourth-order valence-electron chi connectivity index (χ4n) is 1.30. The third kappa shape index (κ3) is 1.70. The highest BCUT2D eigenvalue weighted by Gasteiger charge is 2.05. The Balaban J connectivity index is 2.53. The zero-order valence-corrected chi connectivity index (χ0v) is 10.0. The summed E-state index contributed by atoms with van der Waals surface area (Å²) in [4.78, 5) is 1.20. The maximum Gasteiger partial charge on any atom is 0.118 e. The molecule has 0 atom stereocenters. The number of aryl methyl sites for hydroxylation is 1. The number of thiophene rings is 1. The lowest BCUT2D eigenvalue weighted by Crippen LogP contribution is -1.77. The Morgan fingerprint density at radius 3 is 2.64 bits per heavy atom. The van der Waals surface area contributed by atoms with Crippen LogP contribution in [0.1, 0.15) is 5.56 Å². The van der Waals surface area contributed by atoms with E-state index >= 15 is 0 Å². The average Bonchev–Trinajstić information content (AvgIpc) is 2.57. The molecule has 0 amide bonds. The van der Waals surface area contributed by atoms with Gasteiger partial charge in [-0.1, -0.05) is 0 Å². The van der Waals surface area contributed by atoms with Gasteiger partial charge in [-0.15, -0.1) is 11.3 Å². The van der Waals surface area contributed by atoms with E-state index in [1.807, 2.05) is 30.5 Å². The molecule has 2 rings (SSSR count). The SMILES string of the molecule is Cc1cc(-c2sccc2Br)ccc1O. The Morgan fingerprint density at radius 1 is 1.29 bits per heavy atom. The summed E-state index contributed by atoms with van der Waals surface area (Å²) in [6.07, 6.45) is 0. The van der Waals surface area contributed by atoms with Crippen LogP contribution in [0.4, 0.5) is 0 Å². The number of hydrogen-bond acceptors (Lipinski definition) is 2. The summed E-state index contributed by atoms with van der Waals surface area (Å²) in [6.45, 7) is 1.90. The van der Waals surface area contributed by atoms with Crippen molar-refractivity contribution in [1.29, 1.82) is 0 Å². The van der Waals surface area contributed by atoms with Gasteiger partial charge in [0, 0.05) is 9.35 Å². The first-order valence-electron chi connectivity index (χ1n) is 4.21. The molecule has 72 valence electrons. The monoisotopic (exact) mass is 268 g/mol. The molecule has 1 N–H and O–H groups in total. The number of rotatable bonds is 1. The summed E-state index contributed by atoms with van der Waals surface area (Å²) in [5, 5.41) is 11.4. The summed E-state index contributed by atoms with van der Waals surface area (Å²) in [7, 11) is 0. The second kappa shape index (κ2) is 3.75. The third-order valence-electron chi connectivity index (χ3n) is 2.08. The second-order valence-corrected chi connectivity index (χ2v) is 4.87. The first-order valence-corrected chi connectivity index (χ1v) is 5.89. The van der Waals surface area contributed by atoms with E-state index in [0.717, 1.165) is 15.6 Å². The lowest BCUT2D eigenvalue weighted by molar-refractivity contribution is 0.471. The van der Waals surface area contributed by atoms with Crippen LogP contribution in [-0.4, -0.2) is 5.11 Å². The van der Waals surface area contributed by atoms with E-state index < -0.39 is 0 Å². The van der Waals surface area contributed by atoms with E-state index in [0.29, 0.717) is 5.75 Å². The van der Waals surface area contributed by atoms with Crippen LogP contribution in [0, 0.1) is 6.92 Å². The molecule has 0 aliphatic carbocycles. The number of aromatic hydroxyl groups is 1. The number of phenols is 1. The molecular formula is C11H9BrOS. The number of benzene rings is 1. The Hall–Kier alpha value is -0.800. The highest BCUT2D eigenvalue weighted by atomic mass is 79.9. The molecule has 0 radical (unpaired) electrons. The number of hydrogen-bond donors (Lipinski definition) is 1. The van der Waals surface area contributed by atoms with Gasteiger partial charge in [-0.05, 0) is 63.6 Å². The van der Waals surface area contributed by atoms with Gasteiger partial charge >= 0.3 is 0 Å². The van der Waals surface area contributed by atoms with Crippen LogP contribution in [-0.2, 0) is 0 Å². The van der Waals surface area contributed by atoms with Gasteiger partial charge in [0.2, 0.25) is 0 Å².